The maximum absolute atomic E-state index is 12.2. The van der Waals surface area contributed by atoms with Crippen molar-refractivity contribution in [2.75, 3.05) is 20.8 Å². The van der Waals surface area contributed by atoms with E-state index in [1.807, 2.05) is 5.38 Å². The van der Waals surface area contributed by atoms with Crippen molar-refractivity contribution in [1.29, 1.82) is 0 Å². The molecule has 1 aromatic heterocycles. The van der Waals surface area contributed by atoms with Crippen LogP contribution in [0.15, 0.2) is 28.5 Å². The van der Waals surface area contributed by atoms with Gasteiger partial charge in [-0.25, -0.2) is 18.1 Å². The predicted octanol–water partition coefficient (Wildman–Crippen LogP) is 2.47. The maximum Gasteiger partial charge on any atom is 0.240 e. The highest BCUT2D eigenvalue weighted by Crippen LogP contribution is 2.26. The van der Waals surface area contributed by atoms with Crippen LogP contribution < -0.4 is 9.46 Å². The number of aromatic nitrogens is 1. The van der Waals surface area contributed by atoms with Crippen LogP contribution in [0.2, 0.25) is 5.02 Å². The largest absolute Gasteiger partial charge is 0.495 e. The molecule has 0 atom stereocenters. The Hall–Kier alpha value is -1.19. The van der Waals surface area contributed by atoms with E-state index in [9.17, 15) is 8.42 Å². The second-order valence-corrected chi connectivity index (χ2v) is 7.73. The Bertz CT molecular complexity index is 762. The number of sulfonamides is 1. The molecule has 0 amide bonds. The summed E-state index contributed by atoms with van der Waals surface area (Å²) in [5.41, 5.74) is 0.831. The minimum atomic E-state index is -3.62. The number of rotatable bonds is 8. The summed E-state index contributed by atoms with van der Waals surface area (Å²) >= 11 is 7.45. The second-order valence-electron chi connectivity index (χ2n) is 4.61. The molecule has 1 heterocycles. The number of benzene rings is 1. The van der Waals surface area contributed by atoms with Gasteiger partial charge >= 0.3 is 0 Å². The number of nitrogens with zero attached hydrogens (tertiary/aromatic N) is 1. The van der Waals surface area contributed by atoms with Crippen molar-refractivity contribution >= 4 is 33.0 Å². The Morgan fingerprint density at radius 1 is 1.35 bits per heavy atom. The number of nitrogens with one attached hydrogen (secondary N) is 1. The molecule has 2 aromatic rings. The average molecular weight is 377 g/mol. The molecule has 1 aromatic carbocycles. The van der Waals surface area contributed by atoms with Gasteiger partial charge in [-0.15, -0.1) is 11.3 Å². The molecule has 0 aliphatic rings. The van der Waals surface area contributed by atoms with Crippen LogP contribution in [0, 0.1) is 0 Å². The summed E-state index contributed by atoms with van der Waals surface area (Å²) in [6.45, 7) is 0.711. The Morgan fingerprint density at radius 3 is 2.78 bits per heavy atom. The van der Waals surface area contributed by atoms with E-state index in [1.54, 1.807) is 7.11 Å². The molecule has 0 aliphatic heterocycles. The van der Waals surface area contributed by atoms with Gasteiger partial charge in [0.25, 0.3) is 0 Å². The van der Waals surface area contributed by atoms with Crippen molar-refractivity contribution < 1.29 is 17.9 Å². The third kappa shape index (κ3) is 4.89. The highest BCUT2D eigenvalue weighted by atomic mass is 35.5. The van der Waals surface area contributed by atoms with Crippen LogP contribution in [0.25, 0.3) is 0 Å². The van der Waals surface area contributed by atoms with Gasteiger partial charge in [0.2, 0.25) is 10.0 Å². The van der Waals surface area contributed by atoms with Gasteiger partial charge in [-0.05, 0) is 18.2 Å². The van der Waals surface area contributed by atoms with Crippen LogP contribution in [-0.2, 0) is 27.8 Å². The monoisotopic (exact) mass is 376 g/mol. The summed E-state index contributed by atoms with van der Waals surface area (Å²) in [7, 11) is -0.542. The van der Waals surface area contributed by atoms with Crippen molar-refractivity contribution in [3.63, 3.8) is 0 Å². The lowest BCUT2D eigenvalue weighted by Gasteiger charge is -2.08. The molecule has 0 saturated carbocycles. The summed E-state index contributed by atoms with van der Waals surface area (Å²) in [5, 5.41) is 3.01. The third-order valence-corrected chi connectivity index (χ3v) is 5.60. The van der Waals surface area contributed by atoms with E-state index in [0.29, 0.717) is 18.8 Å². The van der Waals surface area contributed by atoms with E-state index in [2.05, 4.69) is 9.71 Å². The minimum Gasteiger partial charge on any atom is -0.495 e. The lowest BCUT2D eigenvalue weighted by Crippen LogP contribution is -2.26. The molecule has 1 N–H and O–H groups in total. The maximum atomic E-state index is 12.2. The van der Waals surface area contributed by atoms with E-state index >= 15 is 0 Å². The zero-order valence-electron chi connectivity index (χ0n) is 12.7. The molecular formula is C14H17ClN2O4S2. The van der Waals surface area contributed by atoms with E-state index in [4.69, 9.17) is 21.1 Å². The summed E-state index contributed by atoms with van der Waals surface area (Å²) in [5.74, 6) is 0.429. The van der Waals surface area contributed by atoms with Gasteiger partial charge in [-0.3, -0.25) is 0 Å². The van der Waals surface area contributed by atoms with Gasteiger partial charge in [0.1, 0.15) is 10.8 Å². The van der Waals surface area contributed by atoms with Crippen molar-refractivity contribution in [2.45, 2.75) is 17.9 Å². The number of hydrogen-bond acceptors (Lipinski definition) is 6. The van der Waals surface area contributed by atoms with Crippen LogP contribution >= 0.6 is 22.9 Å². The normalized spacial score (nSPS) is 11.6. The smallest absolute Gasteiger partial charge is 0.240 e. The first kappa shape index (κ1) is 18.2. The van der Waals surface area contributed by atoms with Crippen molar-refractivity contribution in [1.82, 2.24) is 9.71 Å². The number of methoxy groups -OCH3 is 2. The van der Waals surface area contributed by atoms with Gasteiger partial charge < -0.3 is 9.47 Å². The summed E-state index contributed by atoms with van der Waals surface area (Å²) in [4.78, 5) is 4.45. The molecule has 0 fully saturated rings. The Balaban J connectivity index is 1.96. The Labute approximate surface area is 144 Å². The van der Waals surface area contributed by atoms with E-state index < -0.39 is 10.0 Å². The van der Waals surface area contributed by atoms with Crippen LogP contribution in [0.5, 0.6) is 5.75 Å². The topological polar surface area (TPSA) is 77.5 Å². The van der Waals surface area contributed by atoms with Crippen LogP contribution in [-0.4, -0.2) is 34.2 Å². The molecule has 6 nitrogen and oxygen atoms in total. The molecule has 0 unspecified atom stereocenters. The van der Waals surface area contributed by atoms with Crippen molar-refractivity contribution in [2.24, 2.45) is 0 Å². The molecule has 0 saturated heterocycles. The first-order valence-corrected chi connectivity index (χ1v) is 9.46. The molecule has 0 spiro atoms. The highest BCUT2D eigenvalue weighted by Gasteiger charge is 2.15. The zero-order chi connectivity index (χ0) is 16.9. The van der Waals surface area contributed by atoms with E-state index in [1.165, 1.54) is 36.6 Å². The minimum absolute atomic E-state index is 0.0987. The van der Waals surface area contributed by atoms with E-state index in [-0.39, 0.29) is 16.5 Å². The number of halogens is 1. The van der Waals surface area contributed by atoms with Crippen molar-refractivity contribution in [3.8, 4) is 5.75 Å². The van der Waals surface area contributed by atoms with Gasteiger partial charge in [-0.1, -0.05) is 11.6 Å². The molecule has 9 heteroatoms. The fourth-order valence-corrected chi connectivity index (χ4v) is 4.04. The molecular weight excluding hydrogens is 360 g/mol. The second kappa shape index (κ2) is 8.07. The predicted molar refractivity (Wildman–Crippen MR) is 89.7 cm³/mol. The lowest BCUT2D eigenvalue weighted by atomic mass is 10.3. The van der Waals surface area contributed by atoms with Gasteiger partial charge in [0.15, 0.2) is 0 Å². The molecule has 23 heavy (non-hydrogen) atoms. The summed E-state index contributed by atoms with van der Waals surface area (Å²) in [6.07, 6.45) is 0.503. The molecule has 0 bridgehead atoms. The highest BCUT2D eigenvalue weighted by molar-refractivity contribution is 7.89. The number of hydrogen-bond donors (Lipinski definition) is 1. The number of thiazole rings is 1. The summed E-state index contributed by atoms with van der Waals surface area (Å²) in [6, 6.07) is 4.34. The van der Waals surface area contributed by atoms with Gasteiger partial charge in [-0.2, -0.15) is 0 Å². The summed E-state index contributed by atoms with van der Waals surface area (Å²) < 4.78 is 37.0. The lowest BCUT2D eigenvalue weighted by molar-refractivity contribution is 0.184. The third-order valence-electron chi connectivity index (χ3n) is 2.97. The zero-order valence-corrected chi connectivity index (χ0v) is 15.1. The average Bonchev–Trinajstić information content (AvgIpc) is 2.95. The Kier molecular flexibility index (Phi) is 6.37. The first-order valence-electron chi connectivity index (χ1n) is 6.71. The van der Waals surface area contributed by atoms with Gasteiger partial charge in [0.05, 0.1) is 29.3 Å². The quantitative estimate of drug-likeness (QED) is 0.765. The fraction of sp³-hybridized carbons (Fsp3) is 0.357. The SMILES string of the molecule is COCc1nc(CCNS(=O)(=O)c2ccc(OC)c(Cl)c2)cs1. The Morgan fingerprint density at radius 2 is 2.13 bits per heavy atom. The van der Waals surface area contributed by atoms with Crippen LogP contribution in [0.3, 0.4) is 0 Å². The fourth-order valence-electron chi connectivity index (χ4n) is 1.86. The standard InChI is InChI=1S/C14H17ClN2O4S2/c1-20-8-14-17-10(9-22-14)5-6-16-23(18,19)11-3-4-13(21-2)12(15)7-11/h3-4,7,9,16H,5-6,8H2,1-2H3. The van der Waals surface area contributed by atoms with Crippen molar-refractivity contribution in [3.05, 3.63) is 39.3 Å². The molecule has 0 aliphatic carbocycles. The van der Waals surface area contributed by atoms with E-state index in [0.717, 1.165) is 10.7 Å². The number of ether oxygens (including phenoxy) is 2. The molecule has 0 radical (unpaired) electrons. The van der Waals surface area contributed by atoms with Crippen LogP contribution in [0.4, 0.5) is 0 Å². The molecule has 2 rings (SSSR count). The van der Waals surface area contributed by atoms with Gasteiger partial charge in [0, 0.05) is 25.5 Å². The van der Waals surface area contributed by atoms with Crippen LogP contribution in [0.1, 0.15) is 10.7 Å². The molecule has 126 valence electrons. The first-order chi connectivity index (χ1) is 11.0.